The monoisotopic (exact) mass is 266 g/mol. The normalized spacial score (nSPS) is 24.2. The van der Waals surface area contributed by atoms with Crippen LogP contribution in [0.15, 0.2) is 18.2 Å². The van der Waals surface area contributed by atoms with Crippen LogP contribution in [0.1, 0.15) is 49.7 Å². The second kappa shape index (κ2) is 6.58. The quantitative estimate of drug-likeness (QED) is 0.849. The predicted octanol–water partition coefficient (Wildman–Crippen LogP) is 4.52. The summed E-state index contributed by atoms with van der Waals surface area (Å²) in [4.78, 5) is 0. The molecule has 1 saturated carbocycles. The van der Waals surface area contributed by atoms with Gasteiger partial charge in [-0.25, -0.2) is 0 Å². The lowest BCUT2D eigenvalue weighted by molar-refractivity contribution is 0.106. The third-order valence-electron chi connectivity index (χ3n) is 4.08. The van der Waals surface area contributed by atoms with Gasteiger partial charge in [-0.15, -0.1) is 0 Å². The second-order valence-corrected chi connectivity index (χ2v) is 6.07. The van der Waals surface area contributed by atoms with E-state index < -0.39 is 0 Å². The average Bonchev–Trinajstić information content (AvgIpc) is 2.34. The van der Waals surface area contributed by atoms with Crippen molar-refractivity contribution in [2.45, 2.75) is 58.0 Å². The van der Waals surface area contributed by atoms with E-state index in [4.69, 9.17) is 11.6 Å². The Bertz CT molecular complexity index is 381. The summed E-state index contributed by atoms with van der Waals surface area (Å²) < 4.78 is 0. The number of aliphatic hydroxyl groups excluding tert-OH is 1. The molecule has 0 aliphatic heterocycles. The van der Waals surface area contributed by atoms with Crippen LogP contribution in [0.4, 0.5) is 0 Å². The van der Waals surface area contributed by atoms with Crippen molar-refractivity contribution in [1.82, 2.24) is 0 Å². The lowest BCUT2D eigenvalue weighted by atomic mass is 9.84. The van der Waals surface area contributed by atoms with Gasteiger partial charge in [0.2, 0.25) is 0 Å². The van der Waals surface area contributed by atoms with E-state index in [0.29, 0.717) is 0 Å². The van der Waals surface area contributed by atoms with Crippen molar-refractivity contribution in [1.29, 1.82) is 0 Å². The van der Waals surface area contributed by atoms with Gasteiger partial charge in [0.05, 0.1) is 6.10 Å². The van der Waals surface area contributed by atoms with Gasteiger partial charge in [-0.05, 0) is 68.6 Å². The van der Waals surface area contributed by atoms with Crippen molar-refractivity contribution >= 4 is 11.6 Å². The molecule has 0 heterocycles. The summed E-state index contributed by atoms with van der Waals surface area (Å²) in [6.45, 7) is 2.07. The topological polar surface area (TPSA) is 20.2 Å². The Labute approximate surface area is 115 Å². The molecule has 1 aliphatic carbocycles. The van der Waals surface area contributed by atoms with E-state index in [9.17, 15) is 5.11 Å². The highest BCUT2D eigenvalue weighted by atomic mass is 35.5. The Morgan fingerprint density at radius 2 is 1.94 bits per heavy atom. The fourth-order valence-electron chi connectivity index (χ4n) is 2.87. The second-order valence-electron chi connectivity index (χ2n) is 5.66. The van der Waals surface area contributed by atoms with E-state index in [1.165, 1.54) is 36.8 Å². The van der Waals surface area contributed by atoms with Crippen LogP contribution in [0.25, 0.3) is 0 Å². The van der Waals surface area contributed by atoms with E-state index in [-0.39, 0.29) is 6.10 Å². The molecule has 1 fully saturated rings. The fourth-order valence-corrected chi connectivity index (χ4v) is 3.20. The summed E-state index contributed by atoms with van der Waals surface area (Å²) in [7, 11) is 0. The summed E-state index contributed by atoms with van der Waals surface area (Å²) in [5, 5.41) is 10.4. The highest BCUT2D eigenvalue weighted by molar-refractivity contribution is 6.31. The molecular weight excluding hydrogens is 244 g/mol. The van der Waals surface area contributed by atoms with Crippen molar-refractivity contribution in [2.24, 2.45) is 5.92 Å². The molecule has 0 saturated heterocycles. The summed E-state index contributed by atoms with van der Waals surface area (Å²) in [6.07, 6.45) is 7.92. The van der Waals surface area contributed by atoms with E-state index in [0.717, 1.165) is 30.2 Å². The number of halogens is 1. The van der Waals surface area contributed by atoms with Gasteiger partial charge in [0.25, 0.3) is 0 Å². The van der Waals surface area contributed by atoms with Crippen LogP contribution in [0.3, 0.4) is 0 Å². The fraction of sp³-hybridized carbons (Fsp3) is 0.625. The minimum absolute atomic E-state index is 0.0345. The van der Waals surface area contributed by atoms with Gasteiger partial charge in [0, 0.05) is 5.02 Å². The highest BCUT2D eigenvalue weighted by Gasteiger charge is 2.18. The van der Waals surface area contributed by atoms with E-state index in [1.54, 1.807) is 0 Å². The number of hydrogen-bond donors (Lipinski definition) is 1. The Kier molecular flexibility index (Phi) is 5.08. The third-order valence-corrected chi connectivity index (χ3v) is 4.44. The number of hydrogen-bond acceptors (Lipinski definition) is 1. The minimum Gasteiger partial charge on any atom is -0.393 e. The van der Waals surface area contributed by atoms with Gasteiger partial charge in [0.15, 0.2) is 0 Å². The van der Waals surface area contributed by atoms with Crippen molar-refractivity contribution in [3.63, 3.8) is 0 Å². The Morgan fingerprint density at radius 3 is 2.61 bits per heavy atom. The lowest BCUT2D eigenvalue weighted by Crippen LogP contribution is -2.18. The minimum atomic E-state index is -0.0345. The Balaban J connectivity index is 1.75. The summed E-state index contributed by atoms with van der Waals surface area (Å²) >= 11 is 6.24. The van der Waals surface area contributed by atoms with Gasteiger partial charge < -0.3 is 5.11 Å². The predicted molar refractivity (Wildman–Crippen MR) is 77.1 cm³/mol. The van der Waals surface area contributed by atoms with Crippen molar-refractivity contribution in [2.75, 3.05) is 0 Å². The molecule has 0 bridgehead atoms. The maximum atomic E-state index is 9.48. The summed E-state index contributed by atoms with van der Waals surface area (Å²) in [5.74, 6) is 0.817. The van der Waals surface area contributed by atoms with Gasteiger partial charge in [-0.3, -0.25) is 0 Å². The average molecular weight is 267 g/mol. The standard InChI is InChI=1S/C16H23ClO/c1-12-5-8-14(16(17)11-12)4-2-3-13-6-9-15(18)10-7-13/h5,8,11,13,15,18H,2-4,6-7,9-10H2,1H3. The first-order valence-corrected chi connectivity index (χ1v) is 7.46. The van der Waals surface area contributed by atoms with Gasteiger partial charge >= 0.3 is 0 Å². The summed E-state index contributed by atoms with van der Waals surface area (Å²) in [6, 6.07) is 6.34. The van der Waals surface area contributed by atoms with Crippen LogP contribution in [0, 0.1) is 12.8 Å². The van der Waals surface area contributed by atoms with Crippen LogP contribution in [-0.2, 0) is 6.42 Å². The molecule has 100 valence electrons. The molecule has 0 aromatic heterocycles. The molecule has 0 amide bonds. The molecule has 0 radical (unpaired) electrons. The van der Waals surface area contributed by atoms with Crippen molar-refractivity contribution in [3.8, 4) is 0 Å². The molecule has 0 atom stereocenters. The van der Waals surface area contributed by atoms with Crippen LogP contribution < -0.4 is 0 Å². The van der Waals surface area contributed by atoms with E-state index in [2.05, 4.69) is 19.1 Å². The number of rotatable bonds is 4. The molecule has 0 unspecified atom stereocenters. The van der Waals surface area contributed by atoms with Gasteiger partial charge in [-0.1, -0.05) is 30.2 Å². The molecular formula is C16H23ClO. The zero-order valence-electron chi connectivity index (χ0n) is 11.2. The molecule has 2 rings (SSSR count). The Morgan fingerprint density at radius 1 is 1.22 bits per heavy atom. The zero-order valence-corrected chi connectivity index (χ0v) is 11.9. The van der Waals surface area contributed by atoms with Crippen molar-refractivity contribution in [3.05, 3.63) is 34.3 Å². The SMILES string of the molecule is Cc1ccc(CCCC2CCC(O)CC2)c(Cl)c1. The third kappa shape index (κ3) is 4.00. The number of aliphatic hydroxyl groups is 1. The molecule has 1 aliphatic rings. The smallest absolute Gasteiger partial charge is 0.0540 e. The number of benzene rings is 1. The maximum absolute atomic E-state index is 9.48. The molecule has 1 aromatic carbocycles. The first kappa shape index (κ1) is 13.9. The number of aryl methyl sites for hydroxylation is 2. The highest BCUT2D eigenvalue weighted by Crippen LogP contribution is 2.29. The van der Waals surface area contributed by atoms with Crippen LogP contribution in [-0.4, -0.2) is 11.2 Å². The van der Waals surface area contributed by atoms with E-state index >= 15 is 0 Å². The lowest BCUT2D eigenvalue weighted by Gasteiger charge is -2.25. The van der Waals surface area contributed by atoms with Gasteiger partial charge in [0.1, 0.15) is 0 Å². The maximum Gasteiger partial charge on any atom is 0.0540 e. The molecule has 1 aromatic rings. The molecule has 2 heteroatoms. The molecule has 1 N–H and O–H groups in total. The van der Waals surface area contributed by atoms with Crippen LogP contribution >= 0.6 is 11.6 Å². The van der Waals surface area contributed by atoms with Crippen molar-refractivity contribution < 1.29 is 5.11 Å². The van der Waals surface area contributed by atoms with E-state index in [1.807, 2.05) is 6.07 Å². The summed E-state index contributed by atoms with van der Waals surface area (Å²) in [5.41, 5.74) is 2.50. The molecule has 1 nitrogen and oxygen atoms in total. The zero-order chi connectivity index (χ0) is 13.0. The molecule has 0 spiro atoms. The first-order chi connectivity index (χ1) is 8.65. The molecule has 18 heavy (non-hydrogen) atoms. The largest absolute Gasteiger partial charge is 0.393 e. The first-order valence-electron chi connectivity index (χ1n) is 7.08. The van der Waals surface area contributed by atoms with Crippen LogP contribution in [0.2, 0.25) is 5.02 Å². The van der Waals surface area contributed by atoms with Gasteiger partial charge in [-0.2, -0.15) is 0 Å². The Hall–Kier alpha value is -0.530. The van der Waals surface area contributed by atoms with Crippen LogP contribution in [0.5, 0.6) is 0 Å².